The van der Waals surface area contributed by atoms with Crippen molar-refractivity contribution in [1.82, 2.24) is 9.88 Å². The highest BCUT2D eigenvalue weighted by atomic mass is 19.1. The molecule has 1 heterocycles. The molecule has 0 aliphatic heterocycles. The van der Waals surface area contributed by atoms with Crippen LogP contribution in [0.4, 0.5) is 4.39 Å². The fourth-order valence-electron chi connectivity index (χ4n) is 2.79. The number of nitrogens with zero attached hydrogens (tertiary/aromatic N) is 1. The number of halogens is 1. The van der Waals surface area contributed by atoms with E-state index in [2.05, 4.69) is 4.98 Å². The first-order valence-corrected chi connectivity index (χ1v) is 8.68. The van der Waals surface area contributed by atoms with E-state index in [1.165, 1.54) is 31.1 Å². The van der Waals surface area contributed by atoms with Crippen LogP contribution in [0.3, 0.4) is 0 Å². The van der Waals surface area contributed by atoms with Gasteiger partial charge in [0.05, 0.1) is 31.3 Å². The van der Waals surface area contributed by atoms with Gasteiger partial charge in [-0.25, -0.2) is 9.18 Å². The van der Waals surface area contributed by atoms with E-state index < -0.39 is 11.8 Å². The van der Waals surface area contributed by atoms with Gasteiger partial charge in [0, 0.05) is 19.7 Å². The Bertz CT molecular complexity index is 891. The topological polar surface area (TPSA) is 88.7 Å². The predicted octanol–water partition coefficient (Wildman–Crippen LogP) is 2.53. The highest BCUT2D eigenvalue weighted by Gasteiger charge is 2.25. The fraction of sp³-hybridized carbons (Fsp3) is 0.350. The molecule has 1 aromatic heterocycles. The molecule has 0 atom stereocenters. The average molecular weight is 390 g/mol. The zero-order valence-electron chi connectivity index (χ0n) is 16.3. The predicted molar refractivity (Wildman–Crippen MR) is 100 cm³/mol. The van der Waals surface area contributed by atoms with Crippen LogP contribution >= 0.6 is 0 Å². The second-order valence-electron chi connectivity index (χ2n) is 6.30. The number of benzene rings is 1. The summed E-state index contributed by atoms with van der Waals surface area (Å²) < 4.78 is 23.7. The van der Waals surface area contributed by atoms with Crippen molar-refractivity contribution in [3.63, 3.8) is 0 Å². The molecule has 0 fully saturated rings. The molecule has 0 radical (unpaired) electrons. The Morgan fingerprint density at radius 2 is 1.89 bits per heavy atom. The maximum atomic E-state index is 13.5. The summed E-state index contributed by atoms with van der Waals surface area (Å²) in [6.45, 7) is 3.33. The van der Waals surface area contributed by atoms with Gasteiger partial charge < -0.3 is 19.4 Å². The Labute approximate surface area is 162 Å². The average Bonchev–Trinajstić information content (AvgIpc) is 2.98. The zero-order chi connectivity index (χ0) is 20.8. The third-order valence-corrected chi connectivity index (χ3v) is 4.34. The van der Waals surface area contributed by atoms with Crippen molar-refractivity contribution in [1.29, 1.82) is 0 Å². The Kier molecular flexibility index (Phi) is 6.92. The lowest BCUT2D eigenvalue weighted by atomic mass is 10.1. The maximum absolute atomic E-state index is 13.5. The highest BCUT2D eigenvalue weighted by Crippen LogP contribution is 2.21. The number of ether oxygens (including phenoxy) is 2. The van der Waals surface area contributed by atoms with Crippen LogP contribution in [-0.2, 0) is 16.0 Å². The Morgan fingerprint density at radius 1 is 1.21 bits per heavy atom. The number of likely N-dealkylation sites (N-methyl/N-ethyl adjacent to an activating group) is 1. The first-order valence-electron chi connectivity index (χ1n) is 8.68. The zero-order valence-corrected chi connectivity index (χ0v) is 16.3. The molecule has 0 aliphatic carbocycles. The van der Waals surface area contributed by atoms with Gasteiger partial charge in [-0.05, 0) is 24.6 Å². The van der Waals surface area contributed by atoms with Crippen molar-refractivity contribution in [3.8, 4) is 5.75 Å². The molecule has 1 N–H and O–H groups in total. The van der Waals surface area contributed by atoms with Crippen molar-refractivity contribution in [2.45, 2.75) is 20.3 Å². The van der Waals surface area contributed by atoms with Crippen LogP contribution in [0.5, 0.6) is 5.75 Å². The van der Waals surface area contributed by atoms with E-state index in [4.69, 9.17) is 9.47 Å². The summed E-state index contributed by atoms with van der Waals surface area (Å²) in [7, 11) is 2.81. The van der Waals surface area contributed by atoms with Gasteiger partial charge in [-0.15, -0.1) is 0 Å². The van der Waals surface area contributed by atoms with Crippen LogP contribution in [0, 0.1) is 12.7 Å². The number of para-hydroxylation sites is 1. The third kappa shape index (κ3) is 4.76. The summed E-state index contributed by atoms with van der Waals surface area (Å²) in [5.74, 6) is -1.51. The van der Waals surface area contributed by atoms with E-state index >= 15 is 0 Å². The largest absolute Gasteiger partial charge is 0.489 e. The molecule has 8 heteroatoms. The van der Waals surface area contributed by atoms with Crippen molar-refractivity contribution < 1.29 is 28.2 Å². The normalized spacial score (nSPS) is 10.5. The SMILES string of the molecule is COC(=O)c1c(CC(=O)N(C)CCOc2ccccc2F)[nH]c(C(C)=O)c1C. The van der Waals surface area contributed by atoms with Gasteiger partial charge in [-0.3, -0.25) is 9.59 Å². The number of hydrogen-bond donors (Lipinski definition) is 1. The lowest BCUT2D eigenvalue weighted by Crippen LogP contribution is -2.32. The molecule has 1 aromatic carbocycles. The number of aromatic nitrogens is 1. The minimum absolute atomic E-state index is 0.107. The molecule has 7 nitrogen and oxygen atoms in total. The number of Topliss-reactive ketones (excluding diaryl/α,β-unsaturated/α-hetero) is 1. The van der Waals surface area contributed by atoms with Gasteiger partial charge in [-0.2, -0.15) is 0 Å². The molecular formula is C20H23FN2O5. The minimum atomic E-state index is -0.616. The summed E-state index contributed by atoms with van der Waals surface area (Å²) in [5.41, 5.74) is 1.24. The lowest BCUT2D eigenvalue weighted by Gasteiger charge is -2.17. The van der Waals surface area contributed by atoms with Crippen molar-refractivity contribution >= 4 is 17.7 Å². The van der Waals surface area contributed by atoms with Gasteiger partial charge in [0.25, 0.3) is 0 Å². The van der Waals surface area contributed by atoms with Crippen LogP contribution in [0.25, 0.3) is 0 Å². The summed E-state index contributed by atoms with van der Waals surface area (Å²) in [5, 5.41) is 0. The van der Waals surface area contributed by atoms with Crippen LogP contribution in [0.1, 0.15) is 39.0 Å². The number of hydrogen-bond acceptors (Lipinski definition) is 5. The van der Waals surface area contributed by atoms with Gasteiger partial charge in [0.2, 0.25) is 5.91 Å². The molecule has 2 rings (SSSR count). The number of carbonyl (C=O) groups is 3. The summed E-state index contributed by atoms with van der Waals surface area (Å²) in [6.07, 6.45) is -0.116. The summed E-state index contributed by atoms with van der Waals surface area (Å²) in [4.78, 5) is 40.6. The van der Waals surface area contributed by atoms with Gasteiger partial charge in [-0.1, -0.05) is 12.1 Å². The molecular weight excluding hydrogens is 367 g/mol. The number of esters is 1. The standard InChI is InChI=1S/C20H23FN2O5/c1-12-18(20(26)27-4)15(22-19(12)13(2)24)11-17(25)23(3)9-10-28-16-8-6-5-7-14(16)21/h5-8,22H,9-11H2,1-4H3. The molecule has 0 spiro atoms. The number of rotatable bonds is 8. The number of H-pyrrole nitrogens is 1. The van der Waals surface area contributed by atoms with Crippen molar-refractivity contribution in [2.75, 3.05) is 27.3 Å². The number of amides is 1. The lowest BCUT2D eigenvalue weighted by molar-refractivity contribution is -0.129. The van der Waals surface area contributed by atoms with Crippen molar-refractivity contribution in [3.05, 3.63) is 52.6 Å². The van der Waals surface area contributed by atoms with E-state index in [1.54, 1.807) is 26.1 Å². The van der Waals surface area contributed by atoms with Gasteiger partial charge >= 0.3 is 5.97 Å². The number of ketones is 1. The molecule has 1 amide bonds. The van der Waals surface area contributed by atoms with E-state index in [-0.39, 0.29) is 48.3 Å². The van der Waals surface area contributed by atoms with Crippen LogP contribution in [-0.4, -0.2) is 54.9 Å². The second-order valence-corrected chi connectivity index (χ2v) is 6.30. The number of methoxy groups -OCH3 is 1. The second kappa shape index (κ2) is 9.16. The Hall–Kier alpha value is -3.16. The number of carbonyl (C=O) groups excluding carboxylic acids is 3. The molecule has 0 saturated heterocycles. The van der Waals surface area contributed by atoms with E-state index in [0.29, 0.717) is 11.3 Å². The molecule has 0 unspecified atom stereocenters. The van der Waals surface area contributed by atoms with Crippen LogP contribution in [0.2, 0.25) is 0 Å². The van der Waals surface area contributed by atoms with E-state index in [1.807, 2.05) is 0 Å². The smallest absolute Gasteiger partial charge is 0.339 e. The first kappa shape index (κ1) is 21.1. The van der Waals surface area contributed by atoms with Crippen LogP contribution in [0.15, 0.2) is 24.3 Å². The number of nitrogens with one attached hydrogen (secondary N) is 1. The molecule has 2 aromatic rings. The first-order chi connectivity index (χ1) is 13.3. The van der Waals surface area contributed by atoms with Crippen LogP contribution < -0.4 is 4.74 Å². The Morgan fingerprint density at radius 3 is 2.50 bits per heavy atom. The number of aromatic amines is 1. The highest BCUT2D eigenvalue weighted by molar-refractivity contribution is 6.01. The van der Waals surface area contributed by atoms with E-state index in [9.17, 15) is 18.8 Å². The van der Waals surface area contributed by atoms with E-state index in [0.717, 1.165) is 0 Å². The van der Waals surface area contributed by atoms with Gasteiger partial charge in [0.15, 0.2) is 17.3 Å². The quantitative estimate of drug-likeness (QED) is 0.553. The van der Waals surface area contributed by atoms with Gasteiger partial charge in [0.1, 0.15) is 6.61 Å². The van der Waals surface area contributed by atoms with Crippen molar-refractivity contribution in [2.24, 2.45) is 0 Å². The minimum Gasteiger partial charge on any atom is -0.489 e. The molecule has 0 aliphatic rings. The maximum Gasteiger partial charge on any atom is 0.339 e. The molecule has 28 heavy (non-hydrogen) atoms. The molecule has 0 bridgehead atoms. The monoisotopic (exact) mass is 390 g/mol. The molecule has 150 valence electrons. The third-order valence-electron chi connectivity index (χ3n) is 4.34. The summed E-state index contributed by atoms with van der Waals surface area (Å²) >= 11 is 0. The summed E-state index contributed by atoms with van der Waals surface area (Å²) in [6, 6.07) is 6.01. The Balaban J connectivity index is 2.05. The molecule has 0 saturated carbocycles. The fourth-order valence-corrected chi connectivity index (χ4v) is 2.79.